The number of hydrogen-bond donors (Lipinski definition) is 1. The third-order valence-corrected chi connectivity index (χ3v) is 3.13. The van der Waals surface area contributed by atoms with Gasteiger partial charge in [-0.1, -0.05) is 11.6 Å². The smallest absolute Gasteiger partial charge is 0.179 e. The lowest BCUT2D eigenvalue weighted by Crippen LogP contribution is -2.02. The third kappa shape index (κ3) is 3.27. The van der Waals surface area contributed by atoms with E-state index in [1.165, 1.54) is 12.8 Å². The van der Waals surface area contributed by atoms with Crippen molar-refractivity contribution in [3.63, 3.8) is 0 Å². The molecule has 1 fully saturated rings. The zero-order valence-corrected chi connectivity index (χ0v) is 10.7. The highest BCUT2D eigenvalue weighted by atomic mass is 35.5. The van der Waals surface area contributed by atoms with Crippen molar-refractivity contribution in [1.82, 2.24) is 0 Å². The second-order valence-corrected chi connectivity index (χ2v) is 4.74. The van der Waals surface area contributed by atoms with Crippen molar-refractivity contribution in [3.05, 3.63) is 22.7 Å². The van der Waals surface area contributed by atoms with E-state index in [9.17, 15) is 0 Å². The lowest BCUT2D eigenvalue weighted by atomic mass is 10.1. The quantitative estimate of drug-likeness (QED) is 0.851. The lowest BCUT2D eigenvalue weighted by Gasteiger charge is -2.13. The minimum atomic E-state index is 0.0990. The molecule has 0 heterocycles. The van der Waals surface area contributed by atoms with E-state index in [2.05, 4.69) is 0 Å². The zero-order valence-electron chi connectivity index (χ0n) is 9.91. The van der Waals surface area contributed by atoms with Crippen molar-refractivity contribution in [1.29, 1.82) is 0 Å². The summed E-state index contributed by atoms with van der Waals surface area (Å²) in [6, 6.07) is 3.69. The van der Waals surface area contributed by atoms with Gasteiger partial charge < -0.3 is 14.6 Å². The second-order valence-electron chi connectivity index (χ2n) is 4.34. The van der Waals surface area contributed by atoms with Gasteiger partial charge in [0.25, 0.3) is 0 Å². The number of rotatable bonds is 6. The minimum Gasteiger partial charge on any atom is -0.493 e. The predicted molar refractivity (Wildman–Crippen MR) is 67.0 cm³/mol. The Hall–Kier alpha value is -0.930. The van der Waals surface area contributed by atoms with Crippen LogP contribution in [0.4, 0.5) is 0 Å². The van der Waals surface area contributed by atoms with Gasteiger partial charge in [-0.15, -0.1) is 0 Å². The van der Waals surface area contributed by atoms with Gasteiger partial charge in [-0.2, -0.15) is 0 Å². The number of benzene rings is 1. The summed E-state index contributed by atoms with van der Waals surface area (Å²) in [4.78, 5) is 0. The van der Waals surface area contributed by atoms with Crippen molar-refractivity contribution < 1.29 is 14.6 Å². The first-order valence-electron chi connectivity index (χ1n) is 5.84. The number of ether oxygens (including phenoxy) is 2. The molecule has 0 aromatic heterocycles. The number of hydrogen-bond acceptors (Lipinski definition) is 3. The highest BCUT2D eigenvalue weighted by molar-refractivity contribution is 6.32. The molecule has 1 aliphatic rings. The van der Waals surface area contributed by atoms with Gasteiger partial charge in [0.15, 0.2) is 11.5 Å². The van der Waals surface area contributed by atoms with E-state index >= 15 is 0 Å². The first-order chi connectivity index (χ1) is 8.24. The van der Waals surface area contributed by atoms with Crippen LogP contribution in [-0.2, 0) is 6.42 Å². The molecule has 17 heavy (non-hydrogen) atoms. The molecule has 2 rings (SSSR count). The van der Waals surface area contributed by atoms with Crippen LogP contribution in [0.5, 0.6) is 11.5 Å². The van der Waals surface area contributed by atoms with Gasteiger partial charge in [-0.3, -0.25) is 0 Å². The topological polar surface area (TPSA) is 38.7 Å². The molecule has 0 saturated heterocycles. The molecule has 0 unspecified atom stereocenters. The molecule has 1 N–H and O–H groups in total. The Bertz CT molecular complexity index is 388. The lowest BCUT2D eigenvalue weighted by molar-refractivity contribution is 0.279. The summed E-state index contributed by atoms with van der Waals surface area (Å²) in [5, 5.41) is 9.46. The van der Waals surface area contributed by atoms with Crippen LogP contribution in [0.1, 0.15) is 18.4 Å². The van der Waals surface area contributed by atoms with Crippen LogP contribution in [0.25, 0.3) is 0 Å². The van der Waals surface area contributed by atoms with E-state index < -0.39 is 0 Å². The predicted octanol–water partition coefficient (Wildman–Crippen LogP) is 2.67. The van der Waals surface area contributed by atoms with Crippen LogP contribution >= 0.6 is 11.6 Å². The van der Waals surface area contributed by atoms with Crippen molar-refractivity contribution >= 4 is 11.6 Å². The van der Waals surface area contributed by atoms with E-state index in [0.29, 0.717) is 35.5 Å². The molecular formula is C13H17ClO3. The van der Waals surface area contributed by atoms with Gasteiger partial charge >= 0.3 is 0 Å². The van der Waals surface area contributed by atoms with E-state index in [1.54, 1.807) is 7.11 Å². The van der Waals surface area contributed by atoms with Gasteiger partial charge in [0, 0.05) is 6.61 Å². The summed E-state index contributed by atoms with van der Waals surface area (Å²) in [6.45, 7) is 0.803. The van der Waals surface area contributed by atoms with Gasteiger partial charge in [0.1, 0.15) is 0 Å². The Labute approximate surface area is 106 Å². The normalized spacial score (nSPS) is 14.8. The first-order valence-corrected chi connectivity index (χ1v) is 6.22. The Morgan fingerprint density at radius 1 is 1.41 bits per heavy atom. The molecule has 0 bridgehead atoms. The molecule has 1 saturated carbocycles. The molecule has 94 valence electrons. The summed E-state index contributed by atoms with van der Waals surface area (Å²) in [7, 11) is 1.60. The van der Waals surface area contributed by atoms with Crippen molar-refractivity contribution in [2.24, 2.45) is 5.92 Å². The molecule has 4 heteroatoms. The molecule has 3 nitrogen and oxygen atoms in total. The van der Waals surface area contributed by atoms with E-state index in [-0.39, 0.29) is 6.61 Å². The van der Waals surface area contributed by atoms with Crippen LogP contribution in [-0.4, -0.2) is 25.4 Å². The molecule has 0 spiro atoms. The van der Waals surface area contributed by atoms with Crippen LogP contribution in [0.3, 0.4) is 0 Å². The molecule has 1 aliphatic carbocycles. The summed E-state index contributed by atoms with van der Waals surface area (Å²) in [6.07, 6.45) is 3.05. The number of halogens is 1. The van der Waals surface area contributed by atoms with Crippen LogP contribution in [0, 0.1) is 5.92 Å². The SMILES string of the molecule is COc1cc(CCO)cc(Cl)c1OCC1CC1. The molecule has 1 aromatic carbocycles. The van der Waals surface area contributed by atoms with E-state index in [1.807, 2.05) is 12.1 Å². The second kappa shape index (κ2) is 5.61. The van der Waals surface area contributed by atoms with Crippen molar-refractivity contribution in [2.45, 2.75) is 19.3 Å². The summed E-state index contributed by atoms with van der Waals surface area (Å²) in [5.74, 6) is 1.93. The summed E-state index contributed by atoms with van der Waals surface area (Å²) >= 11 is 6.17. The molecule has 0 aliphatic heterocycles. The van der Waals surface area contributed by atoms with Gasteiger partial charge in [0.2, 0.25) is 0 Å². The Kier molecular flexibility index (Phi) is 4.13. The maximum Gasteiger partial charge on any atom is 0.179 e. The highest BCUT2D eigenvalue weighted by Gasteiger charge is 2.23. The summed E-state index contributed by atoms with van der Waals surface area (Å²) in [5.41, 5.74) is 0.952. The molecular weight excluding hydrogens is 240 g/mol. The Morgan fingerprint density at radius 3 is 2.76 bits per heavy atom. The number of aliphatic hydroxyl groups excluding tert-OH is 1. The Morgan fingerprint density at radius 2 is 2.18 bits per heavy atom. The van der Waals surface area contributed by atoms with E-state index in [0.717, 1.165) is 5.56 Å². The standard InChI is InChI=1S/C13H17ClO3/c1-16-12-7-10(4-5-15)6-11(14)13(12)17-8-9-2-3-9/h6-7,9,15H,2-5,8H2,1H3. The molecule has 1 aromatic rings. The monoisotopic (exact) mass is 256 g/mol. The van der Waals surface area contributed by atoms with Crippen LogP contribution in [0.15, 0.2) is 12.1 Å². The van der Waals surface area contributed by atoms with Crippen LogP contribution < -0.4 is 9.47 Å². The molecule has 0 amide bonds. The molecule has 0 atom stereocenters. The van der Waals surface area contributed by atoms with E-state index in [4.69, 9.17) is 26.2 Å². The van der Waals surface area contributed by atoms with Crippen molar-refractivity contribution in [2.75, 3.05) is 20.3 Å². The van der Waals surface area contributed by atoms with Gasteiger partial charge in [-0.05, 0) is 42.9 Å². The third-order valence-electron chi connectivity index (χ3n) is 2.85. The highest BCUT2D eigenvalue weighted by Crippen LogP contribution is 2.38. The maximum absolute atomic E-state index is 8.91. The van der Waals surface area contributed by atoms with Crippen molar-refractivity contribution in [3.8, 4) is 11.5 Å². The molecule has 0 radical (unpaired) electrons. The number of aliphatic hydroxyl groups is 1. The minimum absolute atomic E-state index is 0.0990. The van der Waals surface area contributed by atoms with Gasteiger partial charge in [0.05, 0.1) is 18.7 Å². The fraction of sp³-hybridized carbons (Fsp3) is 0.538. The maximum atomic E-state index is 8.91. The average molecular weight is 257 g/mol. The fourth-order valence-corrected chi connectivity index (χ4v) is 1.96. The van der Waals surface area contributed by atoms with Gasteiger partial charge in [-0.25, -0.2) is 0 Å². The average Bonchev–Trinajstić information content (AvgIpc) is 3.11. The first kappa shape index (κ1) is 12.5. The zero-order chi connectivity index (χ0) is 12.3. The van der Waals surface area contributed by atoms with Crippen LogP contribution in [0.2, 0.25) is 5.02 Å². The fourth-order valence-electron chi connectivity index (χ4n) is 1.67. The number of methoxy groups -OCH3 is 1. The largest absolute Gasteiger partial charge is 0.493 e. The summed E-state index contributed by atoms with van der Waals surface area (Å²) < 4.78 is 11.0. The Balaban J connectivity index is 2.16.